The molecule has 1 heterocycles. The number of aliphatic carboxylic acids is 1. The summed E-state index contributed by atoms with van der Waals surface area (Å²) in [6, 6.07) is -0.235. The maximum atomic E-state index is 10.6. The Hall–Kier alpha value is -1.07. The lowest BCUT2D eigenvalue weighted by molar-refractivity contribution is -0.137. The third kappa shape index (κ3) is 3.83. The summed E-state index contributed by atoms with van der Waals surface area (Å²) < 4.78 is 0. The maximum absolute atomic E-state index is 10.6. The molecule has 16 heavy (non-hydrogen) atoms. The zero-order valence-electron chi connectivity index (χ0n) is 8.57. The Labute approximate surface area is 103 Å². The van der Waals surface area contributed by atoms with Crippen LogP contribution in [-0.4, -0.2) is 27.1 Å². The van der Waals surface area contributed by atoms with E-state index in [4.69, 9.17) is 28.3 Å². The van der Waals surface area contributed by atoms with Gasteiger partial charge in [-0.25, -0.2) is 4.98 Å². The highest BCUT2D eigenvalue weighted by molar-refractivity contribution is 6.33. The van der Waals surface area contributed by atoms with Gasteiger partial charge in [0.15, 0.2) is 0 Å². The van der Waals surface area contributed by atoms with Gasteiger partial charge in [-0.05, 0) is 18.0 Å². The fraction of sp³-hybridized carbons (Fsp3) is 0.444. The maximum Gasteiger partial charge on any atom is 0.305 e. The van der Waals surface area contributed by atoms with Crippen molar-refractivity contribution in [1.29, 1.82) is 0 Å². The van der Waals surface area contributed by atoms with Crippen LogP contribution in [0, 0.1) is 0 Å². The van der Waals surface area contributed by atoms with E-state index in [1.165, 1.54) is 6.20 Å². The van der Waals surface area contributed by atoms with E-state index in [0.29, 0.717) is 17.3 Å². The van der Waals surface area contributed by atoms with Crippen molar-refractivity contribution in [3.05, 3.63) is 16.5 Å². The molecule has 1 aromatic rings. The van der Waals surface area contributed by atoms with Crippen LogP contribution in [0.5, 0.6) is 0 Å². The monoisotopic (exact) mass is 263 g/mol. The van der Waals surface area contributed by atoms with Gasteiger partial charge in [-0.3, -0.25) is 4.79 Å². The van der Waals surface area contributed by atoms with Gasteiger partial charge in [0, 0.05) is 6.04 Å². The first-order valence-corrected chi connectivity index (χ1v) is 5.45. The lowest BCUT2D eigenvalue weighted by Gasteiger charge is -2.16. The summed E-state index contributed by atoms with van der Waals surface area (Å²) in [6.45, 7) is 1.87. The Balaban J connectivity index is 2.77. The van der Waals surface area contributed by atoms with Crippen LogP contribution in [0.1, 0.15) is 19.8 Å². The first-order chi connectivity index (χ1) is 7.52. The van der Waals surface area contributed by atoms with E-state index >= 15 is 0 Å². The molecule has 0 aliphatic rings. The van der Waals surface area contributed by atoms with Crippen molar-refractivity contribution in [3.63, 3.8) is 0 Å². The fourth-order valence-electron chi connectivity index (χ4n) is 1.15. The molecule has 0 saturated carbocycles. The number of carbonyl (C=O) groups is 1. The highest BCUT2D eigenvalue weighted by Gasteiger charge is 2.13. The minimum atomic E-state index is -0.879. The Bertz CT molecular complexity index is 387. The predicted molar refractivity (Wildman–Crippen MR) is 62.0 cm³/mol. The summed E-state index contributed by atoms with van der Waals surface area (Å²) in [4.78, 5) is 18.2. The first kappa shape index (κ1) is 13.0. The van der Waals surface area contributed by atoms with Gasteiger partial charge >= 0.3 is 5.97 Å². The van der Waals surface area contributed by atoms with Gasteiger partial charge in [0.2, 0.25) is 5.28 Å². The molecule has 7 heteroatoms. The van der Waals surface area contributed by atoms with Gasteiger partial charge in [0.05, 0.1) is 12.6 Å². The summed E-state index contributed by atoms with van der Waals surface area (Å²) in [5.41, 5.74) is 0. The van der Waals surface area contributed by atoms with Crippen LogP contribution in [0.15, 0.2) is 6.20 Å². The Kier molecular flexibility index (Phi) is 4.76. The smallest absolute Gasteiger partial charge is 0.305 e. The molecule has 5 nitrogen and oxygen atoms in total. The number of carboxylic acids is 1. The van der Waals surface area contributed by atoms with E-state index in [-0.39, 0.29) is 17.7 Å². The van der Waals surface area contributed by atoms with Gasteiger partial charge in [0.1, 0.15) is 10.8 Å². The van der Waals surface area contributed by atoms with Gasteiger partial charge in [0.25, 0.3) is 0 Å². The molecular weight excluding hydrogens is 253 g/mol. The summed E-state index contributed by atoms with van der Waals surface area (Å²) in [7, 11) is 0. The van der Waals surface area contributed by atoms with Crippen LogP contribution >= 0.6 is 23.2 Å². The second-order valence-corrected chi connectivity index (χ2v) is 3.93. The summed E-state index contributed by atoms with van der Waals surface area (Å²) in [5, 5.41) is 12.0. The predicted octanol–water partition coefficient (Wildman–Crippen LogP) is 2.45. The molecule has 0 saturated heterocycles. The molecule has 0 amide bonds. The van der Waals surface area contributed by atoms with E-state index in [1.807, 2.05) is 6.92 Å². The number of rotatable bonds is 5. The SMILES string of the molecule is CCC(CC(=O)O)Nc1nc(Cl)ncc1Cl. The molecule has 1 atom stereocenters. The van der Waals surface area contributed by atoms with Crippen LogP contribution in [-0.2, 0) is 4.79 Å². The van der Waals surface area contributed by atoms with E-state index in [2.05, 4.69) is 15.3 Å². The van der Waals surface area contributed by atoms with Crippen molar-refractivity contribution in [3.8, 4) is 0 Å². The molecule has 1 unspecified atom stereocenters. The minimum absolute atomic E-state index is 0.00551. The molecular formula is C9H11Cl2N3O2. The third-order valence-corrected chi connectivity index (χ3v) is 2.43. The number of hydrogen-bond acceptors (Lipinski definition) is 4. The largest absolute Gasteiger partial charge is 0.481 e. The molecule has 0 aromatic carbocycles. The Morgan fingerprint density at radius 2 is 2.31 bits per heavy atom. The zero-order valence-corrected chi connectivity index (χ0v) is 10.1. The number of nitrogens with zero attached hydrogens (tertiary/aromatic N) is 2. The van der Waals surface area contributed by atoms with Crippen molar-refractivity contribution in [2.45, 2.75) is 25.8 Å². The topological polar surface area (TPSA) is 75.1 Å². The zero-order chi connectivity index (χ0) is 12.1. The molecule has 2 N–H and O–H groups in total. The molecule has 0 aliphatic heterocycles. The van der Waals surface area contributed by atoms with Gasteiger partial charge in [-0.2, -0.15) is 4.98 Å². The third-order valence-electron chi connectivity index (χ3n) is 1.97. The average molecular weight is 264 g/mol. The molecule has 0 aliphatic carbocycles. The second-order valence-electron chi connectivity index (χ2n) is 3.18. The number of anilines is 1. The van der Waals surface area contributed by atoms with Crippen molar-refractivity contribution < 1.29 is 9.90 Å². The van der Waals surface area contributed by atoms with E-state index < -0.39 is 5.97 Å². The quantitative estimate of drug-likeness (QED) is 0.799. The second kappa shape index (κ2) is 5.86. The molecule has 1 rings (SSSR count). The lowest BCUT2D eigenvalue weighted by atomic mass is 10.1. The Morgan fingerprint density at radius 1 is 1.62 bits per heavy atom. The average Bonchev–Trinajstić information content (AvgIpc) is 2.21. The van der Waals surface area contributed by atoms with Crippen molar-refractivity contribution in [1.82, 2.24) is 9.97 Å². The summed E-state index contributed by atoms with van der Waals surface area (Å²) >= 11 is 11.5. The van der Waals surface area contributed by atoms with E-state index in [1.54, 1.807) is 0 Å². The summed E-state index contributed by atoms with van der Waals surface area (Å²) in [5.74, 6) is -0.523. The van der Waals surface area contributed by atoms with Gasteiger partial charge < -0.3 is 10.4 Å². The fourth-order valence-corrected chi connectivity index (χ4v) is 1.43. The number of aromatic nitrogens is 2. The van der Waals surface area contributed by atoms with Crippen molar-refractivity contribution in [2.75, 3.05) is 5.32 Å². The van der Waals surface area contributed by atoms with Gasteiger partial charge in [-0.15, -0.1) is 0 Å². The van der Waals surface area contributed by atoms with Crippen molar-refractivity contribution in [2.24, 2.45) is 0 Å². The van der Waals surface area contributed by atoms with Crippen LogP contribution in [0.4, 0.5) is 5.82 Å². The molecule has 0 spiro atoms. The molecule has 0 fully saturated rings. The standard InChI is InChI=1S/C9H11Cl2N3O2/c1-2-5(3-7(15)16)13-8-6(10)4-12-9(11)14-8/h4-5H,2-3H2,1H3,(H,15,16)(H,12,13,14). The Morgan fingerprint density at radius 3 is 2.88 bits per heavy atom. The number of hydrogen-bond donors (Lipinski definition) is 2. The molecule has 88 valence electrons. The minimum Gasteiger partial charge on any atom is -0.481 e. The number of halogens is 2. The van der Waals surface area contributed by atoms with Crippen LogP contribution in [0.25, 0.3) is 0 Å². The number of carboxylic acid groups (broad SMARTS) is 1. The summed E-state index contributed by atoms with van der Waals surface area (Å²) in [6.07, 6.45) is 2.01. The van der Waals surface area contributed by atoms with Crippen LogP contribution < -0.4 is 5.32 Å². The molecule has 0 radical (unpaired) electrons. The van der Waals surface area contributed by atoms with Crippen LogP contribution in [0.2, 0.25) is 10.3 Å². The molecule has 0 bridgehead atoms. The highest BCUT2D eigenvalue weighted by Crippen LogP contribution is 2.21. The van der Waals surface area contributed by atoms with Crippen LogP contribution in [0.3, 0.4) is 0 Å². The lowest BCUT2D eigenvalue weighted by Crippen LogP contribution is -2.23. The van der Waals surface area contributed by atoms with E-state index in [9.17, 15) is 4.79 Å². The van der Waals surface area contributed by atoms with Crippen molar-refractivity contribution >= 4 is 35.0 Å². The normalized spacial score (nSPS) is 12.2. The first-order valence-electron chi connectivity index (χ1n) is 4.69. The molecule has 1 aromatic heterocycles. The number of nitrogens with one attached hydrogen (secondary N) is 1. The van der Waals surface area contributed by atoms with Gasteiger partial charge in [-0.1, -0.05) is 18.5 Å². The highest BCUT2D eigenvalue weighted by atomic mass is 35.5. The van der Waals surface area contributed by atoms with E-state index in [0.717, 1.165) is 0 Å².